The van der Waals surface area contributed by atoms with E-state index in [9.17, 15) is 4.79 Å². The number of nitrogens with one attached hydrogen (secondary N) is 1. The van der Waals surface area contributed by atoms with Crippen LogP contribution in [0.5, 0.6) is 0 Å². The van der Waals surface area contributed by atoms with E-state index in [0.717, 1.165) is 16.9 Å². The lowest BCUT2D eigenvalue weighted by molar-refractivity contribution is 0.102. The van der Waals surface area contributed by atoms with Crippen molar-refractivity contribution in [2.75, 3.05) is 5.32 Å². The first-order chi connectivity index (χ1) is 12.8. The minimum atomic E-state index is -0.211. The van der Waals surface area contributed by atoms with E-state index in [0.29, 0.717) is 11.3 Å². The summed E-state index contributed by atoms with van der Waals surface area (Å²) in [5.41, 5.74) is 3.50. The Labute approximate surface area is 151 Å². The van der Waals surface area contributed by atoms with Crippen LogP contribution in [0, 0.1) is 0 Å². The van der Waals surface area contributed by atoms with E-state index in [1.165, 1.54) is 0 Å². The summed E-state index contributed by atoms with van der Waals surface area (Å²) in [6.07, 6.45) is 5.15. The molecule has 0 aliphatic carbocycles. The number of pyridine rings is 1. The highest BCUT2D eigenvalue weighted by Crippen LogP contribution is 2.24. The minimum Gasteiger partial charge on any atom is -0.322 e. The van der Waals surface area contributed by atoms with Gasteiger partial charge in [-0.3, -0.25) is 9.78 Å². The Morgan fingerprint density at radius 3 is 2.31 bits per heavy atom. The predicted molar refractivity (Wildman–Crippen MR) is 101 cm³/mol. The smallest absolute Gasteiger partial charge is 0.259 e. The number of rotatable bonds is 4. The standard InChI is InChI=1S/C21H16N4O/c26-21(23-17-9-3-1-4-10-17)19-15-25(18-11-5-2-6-12-18)24-20(19)16-8-7-13-22-14-16/h1-15H,(H,23,26). The van der Waals surface area contributed by atoms with Gasteiger partial charge in [-0.25, -0.2) is 4.68 Å². The van der Waals surface area contributed by atoms with Crippen molar-refractivity contribution >= 4 is 11.6 Å². The van der Waals surface area contributed by atoms with Crippen LogP contribution in [0.1, 0.15) is 10.4 Å². The number of hydrogen-bond acceptors (Lipinski definition) is 3. The molecule has 0 spiro atoms. The molecule has 0 atom stereocenters. The Balaban J connectivity index is 1.77. The molecule has 2 aromatic carbocycles. The second-order valence-electron chi connectivity index (χ2n) is 5.73. The van der Waals surface area contributed by atoms with Gasteiger partial charge in [0.05, 0.1) is 11.3 Å². The summed E-state index contributed by atoms with van der Waals surface area (Å²) in [6.45, 7) is 0. The number of anilines is 1. The van der Waals surface area contributed by atoms with E-state index in [1.807, 2.05) is 72.8 Å². The summed E-state index contributed by atoms with van der Waals surface area (Å²) in [4.78, 5) is 17.0. The van der Waals surface area contributed by atoms with Gasteiger partial charge in [0.15, 0.2) is 0 Å². The average Bonchev–Trinajstić information content (AvgIpc) is 3.16. The van der Waals surface area contributed by atoms with Crippen molar-refractivity contribution < 1.29 is 4.79 Å². The molecule has 26 heavy (non-hydrogen) atoms. The molecule has 0 saturated carbocycles. The molecule has 0 saturated heterocycles. The lowest BCUT2D eigenvalue weighted by Crippen LogP contribution is -2.12. The van der Waals surface area contributed by atoms with Crippen molar-refractivity contribution in [1.29, 1.82) is 0 Å². The third-order valence-electron chi connectivity index (χ3n) is 3.95. The monoisotopic (exact) mass is 340 g/mol. The third kappa shape index (κ3) is 3.23. The van der Waals surface area contributed by atoms with Crippen LogP contribution < -0.4 is 5.32 Å². The highest BCUT2D eigenvalue weighted by Gasteiger charge is 2.19. The molecule has 1 amide bonds. The molecule has 4 rings (SSSR count). The van der Waals surface area contributed by atoms with Crippen LogP contribution in [0.25, 0.3) is 16.9 Å². The van der Waals surface area contributed by atoms with Crippen molar-refractivity contribution in [2.24, 2.45) is 0 Å². The number of aromatic nitrogens is 3. The van der Waals surface area contributed by atoms with Gasteiger partial charge in [0, 0.05) is 29.8 Å². The molecule has 0 bridgehead atoms. The van der Waals surface area contributed by atoms with Crippen molar-refractivity contribution in [1.82, 2.24) is 14.8 Å². The number of amides is 1. The average molecular weight is 340 g/mol. The van der Waals surface area contributed by atoms with Crippen LogP contribution in [0.15, 0.2) is 91.4 Å². The lowest BCUT2D eigenvalue weighted by atomic mass is 10.1. The van der Waals surface area contributed by atoms with Crippen molar-refractivity contribution in [3.8, 4) is 16.9 Å². The van der Waals surface area contributed by atoms with Gasteiger partial charge in [0.1, 0.15) is 5.69 Å². The van der Waals surface area contributed by atoms with Crippen LogP contribution in [0.4, 0.5) is 5.69 Å². The second-order valence-corrected chi connectivity index (χ2v) is 5.73. The molecular formula is C21H16N4O. The fourth-order valence-electron chi connectivity index (χ4n) is 2.69. The van der Waals surface area contributed by atoms with Gasteiger partial charge in [0.2, 0.25) is 0 Å². The molecule has 4 aromatic rings. The quantitative estimate of drug-likeness (QED) is 0.606. The van der Waals surface area contributed by atoms with E-state index in [2.05, 4.69) is 15.4 Å². The second kappa shape index (κ2) is 7.03. The van der Waals surface area contributed by atoms with Crippen LogP contribution in [0.3, 0.4) is 0 Å². The highest BCUT2D eigenvalue weighted by molar-refractivity contribution is 6.08. The lowest BCUT2D eigenvalue weighted by Gasteiger charge is -2.04. The summed E-state index contributed by atoms with van der Waals surface area (Å²) in [7, 11) is 0. The number of benzene rings is 2. The molecule has 0 aliphatic heterocycles. The zero-order valence-electron chi connectivity index (χ0n) is 13.9. The van der Waals surface area contributed by atoms with Crippen LogP contribution >= 0.6 is 0 Å². The van der Waals surface area contributed by atoms with E-state index < -0.39 is 0 Å². The van der Waals surface area contributed by atoms with E-state index >= 15 is 0 Å². The number of para-hydroxylation sites is 2. The Hall–Kier alpha value is -3.73. The molecule has 0 fully saturated rings. The van der Waals surface area contributed by atoms with Crippen LogP contribution in [0.2, 0.25) is 0 Å². The normalized spacial score (nSPS) is 10.5. The first-order valence-electron chi connectivity index (χ1n) is 8.23. The summed E-state index contributed by atoms with van der Waals surface area (Å²) in [5, 5.41) is 7.55. The van der Waals surface area contributed by atoms with Crippen molar-refractivity contribution in [3.63, 3.8) is 0 Å². The maximum atomic E-state index is 12.9. The fourth-order valence-corrected chi connectivity index (χ4v) is 2.69. The largest absolute Gasteiger partial charge is 0.322 e. The molecule has 5 heteroatoms. The summed E-state index contributed by atoms with van der Waals surface area (Å²) >= 11 is 0. The van der Waals surface area contributed by atoms with Gasteiger partial charge in [-0.15, -0.1) is 0 Å². The Morgan fingerprint density at radius 2 is 1.62 bits per heavy atom. The number of carbonyl (C=O) groups is 1. The first kappa shape index (κ1) is 15.8. The molecule has 2 aromatic heterocycles. The Kier molecular flexibility index (Phi) is 4.26. The first-order valence-corrected chi connectivity index (χ1v) is 8.23. The maximum absolute atomic E-state index is 12.9. The van der Waals surface area contributed by atoms with Gasteiger partial charge >= 0.3 is 0 Å². The summed E-state index contributed by atoms with van der Waals surface area (Å²) < 4.78 is 1.71. The summed E-state index contributed by atoms with van der Waals surface area (Å²) in [6, 6.07) is 22.8. The molecule has 126 valence electrons. The Bertz CT molecular complexity index is 1010. The van der Waals surface area contributed by atoms with Gasteiger partial charge in [-0.05, 0) is 36.4 Å². The molecule has 5 nitrogen and oxygen atoms in total. The van der Waals surface area contributed by atoms with E-state index in [1.54, 1.807) is 23.3 Å². The van der Waals surface area contributed by atoms with E-state index in [4.69, 9.17) is 0 Å². The maximum Gasteiger partial charge on any atom is 0.259 e. The topological polar surface area (TPSA) is 59.8 Å². The van der Waals surface area contributed by atoms with Crippen LogP contribution in [-0.2, 0) is 0 Å². The molecule has 2 heterocycles. The zero-order chi connectivity index (χ0) is 17.8. The Morgan fingerprint density at radius 1 is 0.885 bits per heavy atom. The number of carbonyl (C=O) groups excluding carboxylic acids is 1. The highest BCUT2D eigenvalue weighted by atomic mass is 16.1. The fraction of sp³-hybridized carbons (Fsp3) is 0. The zero-order valence-corrected chi connectivity index (χ0v) is 13.9. The molecular weight excluding hydrogens is 324 g/mol. The molecule has 1 N–H and O–H groups in total. The third-order valence-corrected chi connectivity index (χ3v) is 3.95. The van der Waals surface area contributed by atoms with E-state index in [-0.39, 0.29) is 5.91 Å². The van der Waals surface area contributed by atoms with Gasteiger partial charge in [-0.1, -0.05) is 36.4 Å². The van der Waals surface area contributed by atoms with Gasteiger partial charge < -0.3 is 5.32 Å². The molecule has 0 unspecified atom stereocenters. The number of hydrogen-bond donors (Lipinski definition) is 1. The molecule has 0 aliphatic rings. The van der Waals surface area contributed by atoms with Gasteiger partial charge in [0.25, 0.3) is 5.91 Å². The predicted octanol–water partition coefficient (Wildman–Crippen LogP) is 4.19. The van der Waals surface area contributed by atoms with Crippen molar-refractivity contribution in [3.05, 3.63) is 97.0 Å². The van der Waals surface area contributed by atoms with Gasteiger partial charge in [-0.2, -0.15) is 5.10 Å². The minimum absolute atomic E-state index is 0.211. The van der Waals surface area contributed by atoms with Crippen LogP contribution in [-0.4, -0.2) is 20.7 Å². The van der Waals surface area contributed by atoms with Crippen molar-refractivity contribution in [2.45, 2.75) is 0 Å². The SMILES string of the molecule is O=C(Nc1ccccc1)c1cn(-c2ccccc2)nc1-c1cccnc1. The molecule has 0 radical (unpaired) electrons. The summed E-state index contributed by atoms with van der Waals surface area (Å²) in [5.74, 6) is -0.211. The number of nitrogens with zero attached hydrogens (tertiary/aromatic N) is 3.